The molecule has 1 aliphatic heterocycles. The van der Waals surface area contributed by atoms with Crippen molar-refractivity contribution < 1.29 is 177 Å². The number of carbonyl (C=O) groups excluding carboxylic acids is 11. The molecule has 8 amide bonds. The zero-order valence-corrected chi connectivity index (χ0v) is 74.3. The van der Waals surface area contributed by atoms with Gasteiger partial charge >= 0.3 is 47.8 Å². The molecule has 9 unspecified atom stereocenters. The minimum absolute atomic E-state index is 0.0111. The molecule has 23 N–H and O–H groups in total. The number of aliphatic hydroxyl groups excluding tert-OH is 2. The lowest BCUT2D eigenvalue weighted by atomic mass is 9.72. The Balaban J connectivity index is 1.19. The van der Waals surface area contributed by atoms with Crippen LogP contribution in [-0.4, -0.2) is 424 Å². The van der Waals surface area contributed by atoms with Crippen LogP contribution in [0.1, 0.15) is 120 Å². The van der Waals surface area contributed by atoms with Crippen LogP contribution in [0.3, 0.4) is 0 Å². The number of carboxylic acids is 8. The number of ketones is 3. The molecular weight excluding hydrogens is 1800 g/mol. The van der Waals surface area contributed by atoms with Crippen molar-refractivity contribution in [1.82, 2.24) is 66.6 Å². The number of amides is 8. The number of phenols is 3. The number of nitrogens with one attached hydrogen (secondary N) is 7. The van der Waals surface area contributed by atoms with Gasteiger partial charge in [0, 0.05) is 120 Å². The van der Waals surface area contributed by atoms with Crippen molar-refractivity contribution >= 4 is 124 Å². The number of aliphatic hydroxyl groups is 3. The number of ether oxygens (including phenoxy) is 3. The molecule has 0 spiro atoms. The minimum Gasteiger partial charge on any atom is -0.508 e. The van der Waals surface area contributed by atoms with E-state index in [0.717, 1.165) is 33.4 Å². The average molecular weight is 1920 g/mol. The topological polar surface area (TPSA) is 765 Å². The zero-order chi connectivity index (χ0) is 99.5. The Hall–Kier alpha value is -12.7. The third-order valence-electron chi connectivity index (χ3n) is 21.6. The van der Waals surface area contributed by atoms with E-state index in [0.29, 0.717) is 5.56 Å². The van der Waals surface area contributed by atoms with E-state index in [9.17, 15) is 163 Å². The lowest BCUT2D eigenvalue weighted by Gasteiger charge is -2.43. The van der Waals surface area contributed by atoms with Gasteiger partial charge in [0.25, 0.3) is 0 Å². The number of methoxy groups -OCH3 is 1. The molecule has 134 heavy (non-hydrogen) atoms. The summed E-state index contributed by atoms with van der Waals surface area (Å²) in [6.07, 6.45) is -8.78. The van der Waals surface area contributed by atoms with E-state index in [1.807, 2.05) is 0 Å². The van der Waals surface area contributed by atoms with E-state index in [1.54, 1.807) is 0 Å². The molecule has 10 atom stereocenters. The normalized spacial score (nSPS) is 17.7. The van der Waals surface area contributed by atoms with E-state index < -0.39 is 304 Å². The summed E-state index contributed by atoms with van der Waals surface area (Å²) in [7, 11) is 1.23. The highest BCUT2D eigenvalue weighted by atomic mass is 32.2. The fourth-order valence-electron chi connectivity index (χ4n) is 15.2. The van der Waals surface area contributed by atoms with Crippen LogP contribution in [0, 0.1) is 0 Å². The highest BCUT2D eigenvalue weighted by Crippen LogP contribution is 2.53. The molecule has 3 aliphatic rings. The molecule has 6 rings (SSSR count). The Labute approximate surface area is 769 Å². The van der Waals surface area contributed by atoms with Crippen molar-refractivity contribution in [2.24, 2.45) is 5.73 Å². The lowest BCUT2D eigenvalue weighted by molar-refractivity contribution is -0.249. The van der Waals surface area contributed by atoms with Gasteiger partial charge in [-0.15, -0.1) is 11.8 Å². The number of aliphatic carboxylic acids is 8. The summed E-state index contributed by atoms with van der Waals surface area (Å²) in [4.78, 5) is 253. The standard InChI is InChI=1S/C83H114N14O36S/c1-44-74(121)52(28-69(132-44)133-56-30-83(130,57(101)41-98)29-49-71(56)78(125)73-72(76(49)123)75(122)48-9-8-12-55(131-3)70(48)77(73)124)88-60(104)43-134-42-54(87-45(2)99)82(129)90-51(11-5-7-18-86-59(103)32-95(36-64(111)112)24-20-93(34-62(107)108)22-26-97(39-67(117)118)40-68(119)120)80(127)91-53(27-46-13-15-47(100)16-14-46)81(128)89-50(79(84)126)10-4-6-17-85-58(102)31-94(35-63(109)110)23-19-92(33-61(105)106)21-25-96(37-65(113)114)38-66(115)116/h8-9,12-16,44,50-54,56,69,74,98,100,121,123,125,130H,4-7,10-11,17-43H2,1-3H3,(H2,84,126)(H,85,102)(H,86,103)(H,87,99)(H,88,104)(H,89,128)(H,90,129)(H,91,127)(H,105,106)(H,107,108)(H,109,110)(H,111,112)(H,113,114)(H,115,116)(H,117,118)(H,119,120)/t44?,50?,51?,52?,53?,54?,56?,69?,74?,83-/m0/s1. The van der Waals surface area contributed by atoms with Gasteiger partial charge in [-0.2, -0.15) is 0 Å². The number of benzene rings is 3. The predicted octanol–water partition coefficient (Wildman–Crippen LogP) is -6.65. The van der Waals surface area contributed by atoms with Gasteiger partial charge in [-0.3, -0.25) is 120 Å². The number of nitrogens with zero attached hydrogens (tertiary/aromatic N) is 6. The number of primary amides is 1. The van der Waals surface area contributed by atoms with Crippen LogP contribution in [0.5, 0.6) is 23.0 Å². The second-order valence-corrected chi connectivity index (χ2v) is 33.2. The Bertz CT molecular complexity index is 4730. The number of thioether (sulfide) groups is 1. The first-order valence-corrected chi connectivity index (χ1v) is 43.3. The second kappa shape index (κ2) is 53.3. The molecule has 2 aliphatic carbocycles. The van der Waals surface area contributed by atoms with Gasteiger partial charge in [-0.05, 0) is 69.2 Å². The molecule has 0 radical (unpaired) electrons. The molecule has 1 fully saturated rings. The number of rotatable bonds is 62. The Kier molecular flexibility index (Phi) is 43.7. The third kappa shape index (κ3) is 35.4. The van der Waals surface area contributed by atoms with E-state index in [4.69, 9.17) is 19.9 Å². The average Bonchev–Trinajstić information content (AvgIpc) is 0.708. The first kappa shape index (κ1) is 110. The molecule has 738 valence electrons. The maximum absolute atomic E-state index is 15.0. The molecule has 50 nitrogen and oxygen atoms in total. The number of unbranched alkanes of at least 4 members (excludes halogenated alkanes) is 2. The fourth-order valence-corrected chi connectivity index (χ4v) is 16.1. The number of carboxylic acid groups (broad SMARTS) is 8. The van der Waals surface area contributed by atoms with Crippen LogP contribution in [-0.2, 0) is 104 Å². The van der Waals surface area contributed by atoms with Crippen molar-refractivity contribution in [1.29, 1.82) is 0 Å². The maximum Gasteiger partial charge on any atom is 0.317 e. The summed E-state index contributed by atoms with van der Waals surface area (Å²) < 4.78 is 17.7. The summed E-state index contributed by atoms with van der Waals surface area (Å²) >= 11 is 0.749. The number of Topliss-reactive ketones (excluding diaryl/α,β-unsaturated/α-hetero) is 1. The number of carbonyl (C=O) groups is 19. The van der Waals surface area contributed by atoms with E-state index in [2.05, 4.69) is 37.2 Å². The van der Waals surface area contributed by atoms with Crippen LogP contribution in [0.15, 0.2) is 42.5 Å². The predicted molar refractivity (Wildman–Crippen MR) is 461 cm³/mol. The van der Waals surface area contributed by atoms with Gasteiger partial charge < -0.3 is 129 Å². The number of nitrogens with two attached hydrogens (primary N) is 1. The summed E-state index contributed by atoms with van der Waals surface area (Å²) in [5.74, 6) is -24.3. The Morgan fingerprint density at radius 3 is 1.43 bits per heavy atom. The van der Waals surface area contributed by atoms with Gasteiger partial charge in [0.2, 0.25) is 53.0 Å². The number of aromatic hydroxyl groups is 3. The number of fused-ring (bicyclic) bond motifs is 3. The van der Waals surface area contributed by atoms with Crippen molar-refractivity contribution in [3.8, 4) is 23.0 Å². The van der Waals surface area contributed by atoms with Gasteiger partial charge in [0.05, 0.1) is 113 Å². The highest BCUT2D eigenvalue weighted by molar-refractivity contribution is 8.00. The summed E-state index contributed by atoms with van der Waals surface area (Å²) in [6.45, 7) is -7.38. The van der Waals surface area contributed by atoms with Gasteiger partial charge in [0.1, 0.15) is 65.5 Å². The fraction of sp³-hybridized carbons (Fsp3) is 0.554. The molecule has 0 aromatic heterocycles. The summed E-state index contributed by atoms with van der Waals surface area (Å²) in [6, 6.07) is 1.64. The lowest BCUT2D eigenvalue weighted by Crippen LogP contribution is -2.58. The molecular formula is C83H114N14O36S. The monoisotopic (exact) mass is 1910 g/mol. The van der Waals surface area contributed by atoms with Crippen LogP contribution in [0.25, 0.3) is 0 Å². The van der Waals surface area contributed by atoms with Crippen molar-refractivity contribution in [2.45, 2.75) is 138 Å². The first-order valence-electron chi connectivity index (χ1n) is 42.2. The molecule has 1 heterocycles. The SMILES string of the molecule is COc1cccc2c1C(=O)c1c(O)c3c(c(O)c1C2=O)C[C@@](O)(C(=O)CO)CC3OC1CC(NC(=O)CSCC(NC(C)=O)C(=O)NC(CCCCNC(=O)CN(CCN(CCN(CC(=O)O)CC(=O)O)CC(=O)O)CC(=O)O)C(=O)NC(Cc2ccc(O)cc2)C(=O)NC(CCCCNC(=O)CN(CCN(CCN(CC(=O)O)CC(=O)O)CC(=O)O)CC(=O)O)C(N)=O)C(O)C(C)O1. The van der Waals surface area contributed by atoms with Crippen molar-refractivity contribution in [3.05, 3.63) is 81.4 Å². The van der Waals surface area contributed by atoms with E-state index in [1.165, 1.54) is 71.2 Å². The first-order chi connectivity index (χ1) is 63.2. The molecule has 3 aromatic rings. The second-order valence-electron chi connectivity index (χ2n) is 32.1. The van der Waals surface area contributed by atoms with Crippen LogP contribution in [0.4, 0.5) is 0 Å². The highest BCUT2D eigenvalue weighted by Gasteiger charge is 2.51. The van der Waals surface area contributed by atoms with Gasteiger partial charge in [-0.25, -0.2) is 0 Å². The molecule has 3 aromatic carbocycles. The van der Waals surface area contributed by atoms with E-state index in [-0.39, 0.29) is 139 Å². The summed E-state index contributed by atoms with van der Waals surface area (Å²) in [5.41, 5.74) is 1.01. The number of phenolic OH excluding ortho intramolecular Hbond substituents is 3. The maximum atomic E-state index is 15.0. The quantitative estimate of drug-likeness (QED) is 0.0144. The third-order valence-corrected chi connectivity index (χ3v) is 22.7. The zero-order valence-electron chi connectivity index (χ0n) is 73.5. The number of hydrogen-bond donors (Lipinski definition) is 22. The van der Waals surface area contributed by atoms with E-state index >= 15 is 0 Å². The minimum atomic E-state index is -2.55. The van der Waals surface area contributed by atoms with Gasteiger partial charge in [-0.1, -0.05) is 24.3 Å². The molecule has 0 bridgehead atoms. The van der Waals surface area contributed by atoms with Crippen LogP contribution in [0.2, 0.25) is 0 Å². The largest absolute Gasteiger partial charge is 0.508 e. The van der Waals surface area contributed by atoms with Crippen LogP contribution >= 0.6 is 11.8 Å². The molecule has 51 heteroatoms. The Morgan fingerprint density at radius 1 is 0.537 bits per heavy atom. The van der Waals surface area contributed by atoms with Crippen molar-refractivity contribution in [2.75, 3.05) is 156 Å². The van der Waals surface area contributed by atoms with Crippen molar-refractivity contribution in [3.63, 3.8) is 0 Å². The molecule has 0 saturated carbocycles. The van der Waals surface area contributed by atoms with Gasteiger partial charge in [0.15, 0.2) is 17.9 Å². The van der Waals surface area contributed by atoms with Crippen LogP contribution < -0.4 is 47.7 Å². The smallest absolute Gasteiger partial charge is 0.317 e. The summed E-state index contributed by atoms with van der Waals surface area (Å²) in [5, 5.41) is 161. The number of hydrogen-bond acceptors (Lipinski definition) is 35. The molecule has 1 saturated heterocycles. The Morgan fingerprint density at radius 2 is 0.970 bits per heavy atom.